The smallest absolute Gasteiger partial charge is 0.349 e. The van der Waals surface area contributed by atoms with Crippen LogP contribution in [0.25, 0.3) is 0 Å². The predicted octanol–water partition coefficient (Wildman–Crippen LogP) is 3.96. The van der Waals surface area contributed by atoms with E-state index in [9.17, 15) is 14.4 Å². The fraction of sp³-hybridized carbons (Fsp3) is 0.143. The molecule has 9 heteroatoms. The Labute approximate surface area is 176 Å². The quantitative estimate of drug-likeness (QED) is 0.579. The molecule has 2 N–H and O–H groups in total. The largest absolute Gasteiger partial charge is 0.459 e. The molecule has 0 aliphatic carbocycles. The van der Waals surface area contributed by atoms with Crippen LogP contribution in [0.1, 0.15) is 38.3 Å². The maximum atomic E-state index is 12.5. The van der Waals surface area contributed by atoms with Gasteiger partial charge in [0.2, 0.25) is 0 Å². The summed E-state index contributed by atoms with van der Waals surface area (Å²) in [5.41, 5.74) is 1.43. The number of nitriles is 1. The molecule has 8 nitrogen and oxygen atoms in total. The number of hydrogen-bond acceptors (Lipinski definition) is 7. The average molecular weight is 423 g/mol. The van der Waals surface area contributed by atoms with Gasteiger partial charge in [-0.25, -0.2) is 4.79 Å². The minimum atomic E-state index is -1.06. The van der Waals surface area contributed by atoms with E-state index in [0.29, 0.717) is 21.8 Å². The van der Waals surface area contributed by atoms with Crippen LogP contribution in [0.5, 0.6) is 0 Å². The number of furan rings is 1. The Morgan fingerprint density at radius 3 is 2.67 bits per heavy atom. The van der Waals surface area contributed by atoms with Gasteiger partial charge >= 0.3 is 5.97 Å². The number of nitrogens with zero attached hydrogens (tertiary/aromatic N) is 1. The van der Waals surface area contributed by atoms with Crippen LogP contribution in [0.3, 0.4) is 0 Å². The average Bonchev–Trinajstić information content (AvgIpc) is 3.38. The number of aryl methyl sites for hydroxylation is 1. The van der Waals surface area contributed by atoms with Gasteiger partial charge in [0.15, 0.2) is 11.9 Å². The molecule has 0 spiro atoms. The Hall–Kier alpha value is -3.90. The lowest BCUT2D eigenvalue weighted by molar-refractivity contribution is -0.123. The van der Waals surface area contributed by atoms with Gasteiger partial charge in [-0.1, -0.05) is 6.07 Å². The van der Waals surface area contributed by atoms with Gasteiger partial charge < -0.3 is 19.8 Å². The third kappa shape index (κ3) is 4.92. The third-order valence-electron chi connectivity index (χ3n) is 4.00. The van der Waals surface area contributed by atoms with Crippen molar-refractivity contribution < 1.29 is 23.5 Å². The second-order valence-corrected chi connectivity index (χ2v) is 7.34. The Bertz CT molecular complexity index is 1130. The standard InChI is InChI=1S/C21H17N3O5S/c1-12-9-17(24-20(26)16-7-4-8-28-16)30-18(12)21(27)29-13(2)19(25)23-15-6-3-5-14(10-15)11-22/h3-10,13H,1-2H3,(H,23,25)(H,24,26). The van der Waals surface area contributed by atoms with Gasteiger partial charge in [-0.05, 0) is 55.8 Å². The third-order valence-corrected chi connectivity index (χ3v) is 5.13. The van der Waals surface area contributed by atoms with Crippen LogP contribution < -0.4 is 10.6 Å². The second kappa shape index (κ2) is 9.07. The van der Waals surface area contributed by atoms with Crippen LogP contribution in [0.2, 0.25) is 0 Å². The highest BCUT2D eigenvalue weighted by atomic mass is 32.1. The van der Waals surface area contributed by atoms with Gasteiger partial charge in [-0.15, -0.1) is 11.3 Å². The van der Waals surface area contributed by atoms with Gasteiger partial charge in [0.1, 0.15) is 4.88 Å². The van der Waals surface area contributed by atoms with E-state index < -0.39 is 23.9 Å². The maximum absolute atomic E-state index is 12.5. The van der Waals surface area contributed by atoms with Gasteiger partial charge in [0.25, 0.3) is 11.8 Å². The summed E-state index contributed by atoms with van der Waals surface area (Å²) in [5, 5.41) is 14.6. The van der Waals surface area contributed by atoms with Gasteiger partial charge in [0, 0.05) is 5.69 Å². The van der Waals surface area contributed by atoms with Gasteiger partial charge in [-0.2, -0.15) is 5.26 Å². The van der Waals surface area contributed by atoms with E-state index in [1.54, 1.807) is 37.3 Å². The van der Waals surface area contributed by atoms with E-state index in [2.05, 4.69) is 10.6 Å². The molecular formula is C21H17N3O5S. The zero-order chi connectivity index (χ0) is 21.7. The molecule has 152 valence electrons. The molecule has 0 saturated carbocycles. The summed E-state index contributed by atoms with van der Waals surface area (Å²) in [4.78, 5) is 37.1. The van der Waals surface area contributed by atoms with E-state index in [-0.39, 0.29) is 10.6 Å². The van der Waals surface area contributed by atoms with E-state index >= 15 is 0 Å². The van der Waals surface area contributed by atoms with Crippen molar-refractivity contribution in [3.63, 3.8) is 0 Å². The zero-order valence-electron chi connectivity index (χ0n) is 16.1. The zero-order valence-corrected chi connectivity index (χ0v) is 16.9. The molecule has 0 bridgehead atoms. The molecule has 0 radical (unpaired) electrons. The van der Waals surface area contributed by atoms with Crippen molar-refractivity contribution in [2.75, 3.05) is 10.6 Å². The second-order valence-electron chi connectivity index (χ2n) is 6.28. The number of ether oxygens (including phenoxy) is 1. The highest BCUT2D eigenvalue weighted by Gasteiger charge is 2.23. The van der Waals surface area contributed by atoms with Crippen LogP contribution >= 0.6 is 11.3 Å². The summed E-state index contributed by atoms with van der Waals surface area (Å²) in [6.07, 6.45) is 0.325. The molecule has 1 aromatic carbocycles. The summed E-state index contributed by atoms with van der Waals surface area (Å²) in [6.45, 7) is 3.15. The van der Waals surface area contributed by atoms with Crippen molar-refractivity contribution in [2.24, 2.45) is 0 Å². The number of anilines is 2. The van der Waals surface area contributed by atoms with Crippen molar-refractivity contribution in [3.05, 3.63) is 70.5 Å². The Morgan fingerprint density at radius 2 is 1.97 bits per heavy atom. The van der Waals surface area contributed by atoms with Crippen molar-refractivity contribution in [3.8, 4) is 6.07 Å². The fourth-order valence-corrected chi connectivity index (χ4v) is 3.46. The molecule has 30 heavy (non-hydrogen) atoms. The molecule has 0 aliphatic heterocycles. The number of benzene rings is 1. The minimum absolute atomic E-state index is 0.149. The first-order chi connectivity index (χ1) is 14.4. The number of carbonyl (C=O) groups is 3. The lowest BCUT2D eigenvalue weighted by Gasteiger charge is -2.13. The van der Waals surface area contributed by atoms with Crippen LogP contribution in [-0.4, -0.2) is 23.9 Å². The first kappa shape index (κ1) is 20.8. The molecule has 0 saturated heterocycles. The molecule has 1 atom stereocenters. The number of rotatable bonds is 6. The van der Waals surface area contributed by atoms with Crippen LogP contribution in [0.15, 0.2) is 53.1 Å². The molecule has 2 heterocycles. The summed E-state index contributed by atoms with van der Waals surface area (Å²) >= 11 is 1.04. The Kier molecular flexibility index (Phi) is 6.29. The summed E-state index contributed by atoms with van der Waals surface area (Å²) < 4.78 is 10.3. The van der Waals surface area contributed by atoms with Crippen LogP contribution in [0.4, 0.5) is 10.7 Å². The summed E-state index contributed by atoms with van der Waals surface area (Å²) in [6, 6.07) is 13.1. The van der Waals surface area contributed by atoms with Crippen LogP contribution in [-0.2, 0) is 9.53 Å². The number of carbonyl (C=O) groups excluding carboxylic acids is 3. The lowest BCUT2D eigenvalue weighted by Crippen LogP contribution is -2.29. The summed E-state index contributed by atoms with van der Waals surface area (Å²) in [7, 11) is 0. The molecule has 0 fully saturated rings. The SMILES string of the molecule is Cc1cc(NC(=O)c2ccco2)sc1C(=O)OC(C)C(=O)Nc1cccc(C#N)c1. The van der Waals surface area contributed by atoms with Gasteiger partial charge in [-0.3, -0.25) is 9.59 Å². The van der Waals surface area contributed by atoms with Crippen LogP contribution in [0, 0.1) is 18.3 Å². The van der Waals surface area contributed by atoms with E-state index in [1.807, 2.05) is 6.07 Å². The lowest BCUT2D eigenvalue weighted by atomic mass is 10.2. The Balaban J connectivity index is 1.62. The predicted molar refractivity (Wildman–Crippen MR) is 110 cm³/mol. The molecular weight excluding hydrogens is 406 g/mol. The fourth-order valence-electron chi connectivity index (χ4n) is 2.51. The Morgan fingerprint density at radius 1 is 1.17 bits per heavy atom. The first-order valence-electron chi connectivity index (χ1n) is 8.84. The number of thiophene rings is 1. The normalized spacial score (nSPS) is 11.2. The monoisotopic (exact) mass is 423 g/mol. The van der Waals surface area contributed by atoms with Gasteiger partial charge in [0.05, 0.1) is 22.9 Å². The van der Waals surface area contributed by atoms with Crippen molar-refractivity contribution in [1.82, 2.24) is 0 Å². The number of hydrogen-bond donors (Lipinski definition) is 2. The van der Waals surface area contributed by atoms with E-state index in [1.165, 1.54) is 25.3 Å². The van der Waals surface area contributed by atoms with E-state index in [0.717, 1.165) is 11.3 Å². The molecule has 3 rings (SSSR count). The molecule has 2 amide bonds. The van der Waals surface area contributed by atoms with Crippen molar-refractivity contribution in [1.29, 1.82) is 5.26 Å². The minimum Gasteiger partial charge on any atom is -0.459 e. The highest BCUT2D eigenvalue weighted by Crippen LogP contribution is 2.28. The molecule has 1 unspecified atom stereocenters. The number of esters is 1. The van der Waals surface area contributed by atoms with Crippen molar-refractivity contribution >= 4 is 39.8 Å². The number of nitrogens with one attached hydrogen (secondary N) is 2. The number of amides is 2. The topological polar surface area (TPSA) is 121 Å². The highest BCUT2D eigenvalue weighted by molar-refractivity contribution is 7.18. The maximum Gasteiger partial charge on any atom is 0.349 e. The molecule has 0 aliphatic rings. The first-order valence-corrected chi connectivity index (χ1v) is 9.66. The van der Waals surface area contributed by atoms with Crippen molar-refractivity contribution in [2.45, 2.75) is 20.0 Å². The molecule has 3 aromatic rings. The molecule has 2 aromatic heterocycles. The van der Waals surface area contributed by atoms with E-state index in [4.69, 9.17) is 14.4 Å². The summed E-state index contributed by atoms with van der Waals surface area (Å²) in [5.74, 6) is -1.49.